The average Bonchev–Trinajstić information content (AvgIpc) is 2.78. The molecule has 168 valence electrons. The predicted octanol–water partition coefficient (Wildman–Crippen LogP) is 3.67. The van der Waals surface area contributed by atoms with Crippen LogP contribution in [-0.4, -0.2) is 68.5 Å². The van der Waals surface area contributed by atoms with Crippen LogP contribution >= 0.6 is 24.0 Å². The summed E-state index contributed by atoms with van der Waals surface area (Å²) in [5, 5.41) is 3.46. The number of aliphatic imine (C=N–C) groups is 1. The van der Waals surface area contributed by atoms with Crippen LogP contribution in [0, 0.1) is 0 Å². The van der Waals surface area contributed by atoms with Crippen molar-refractivity contribution in [1.29, 1.82) is 0 Å². The fraction of sp³-hybridized carbons (Fsp3) is 0.417. The number of amides is 1. The standard InChI is InChI=1S/C24H32N4O2.HI/c1-25-24(26-15-12-19-8-7-9-20(18-19)23(29)27(2)3)28-16-13-22(14-17-28)30-21-10-5-4-6-11-21;/h4-11,18,22H,12-17H2,1-3H3,(H,25,26);1H. The molecule has 0 aliphatic carbocycles. The fourth-order valence-electron chi connectivity index (χ4n) is 3.65. The van der Waals surface area contributed by atoms with E-state index in [2.05, 4.69) is 21.3 Å². The first kappa shape index (κ1) is 25.0. The molecule has 31 heavy (non-hydrogen) atoms. The van der Waals surface area contributed by atoms with Crippen LogP contribution in [0.2, 0.25) is 0 Å². The Balaban J connectivity index is 0.00000341. The number of guanidine groups is 1. The maximum absolute atomic E-state index is 12.1. The zero-order valence-electron chi connectivity index (χ0n) is 18.6. The van der Waals surface area contributed by atoms with Gasteiger partial charge >= 0.3 is 0 Å². The van der Waals surface area contributed by atoms with Crippen molar-refractivity contribution in [2.24, 2.45) is 4.99 Å². The van der Waals surface area contributed by atoms with Crippen LogP contribution in [0.4, 0.5) is 0 Å². The van der Waals surface area contributed by atoms with Gasteiger partial charge in [0.15, 0.2) is 5.96 Å². The van der Waals surface area contributed by atoms with Gasteiger partial charge in [-0.25, -0.2) is 0 Å². The maximum atomic E-state index is 12.1. The van der Waals surface area contributed by atoms with Crippen molar-refractivity contribution in [1.82, 2.24) is 15.1 Å². The molecule has 2 aromatic carbocycles. The Morgan fingerprint density at radius 3 is 2.48 bits per heavy atom. The molecule has 3 rings (SSSR count). The van der Waals surface area contributed by atoms with Crippen LogP contribution in [0.1, 0.15) is 28.8 Å². The number of piperidine rings is 1. The SMILES string of the molecule is CN=C(NCCc1cccc(C(=O)N(C)C)c1)N1CCC(Oc2ccccc2)CC1.I. The van der Waals surface area contributed by atoms with Crippen LogP contribution in [0.5, 0.6) is 5.75 Å². The summed E-state index contributed by atoms with van der Waals surface area (Å²) in [6, 6.07) is 17.9. The van der Waals surface area contributed by atoms with Gasteiger partial charge in [-0.3, -0.25) is 9.79 Å². The molecule has 1 fully saturated rings. The summed E-state index contributed by atoms with van der Waals surface area (Å²) >= 11 is 0. The van der Waals surface area contributed by atoms with Crippen molar-refractivity contribution >= 4 is 35.8 Å². The second kappa shape index (κ2) is 12.5. The van der Waals surface area contributed by atoms with Gasteiger partial charge in [-0.2, -0.15) is 0 Å². The van der Waals surface area contributed by atoms with Gasteiger partial charge in [-0.05, 0) is 36.2 Å². The summed E-state index contributed by atoms with van der Waals surface area (Å²) in [7, 11) is 5.37. The molecule has 0 unspecified atom stereocenters. The molecule has 0 radical (unpaired) electrons. The molecule has 0 bridgehead atoms. The molecule has 1 aliphatic rings. The van der Waals surface area contributed by atoms with E-state index in [4.69, 9.17) is 4.74 Å². The largest absolute Gasteiger partial charge is 0.490 e. The number of carbonyl (C=O) groups excluding carboxylic acids is 1. The number of nitrogens with zero attached hydrogens (tertiary/aromatic N) is 3. The first-order chi connectivity index (χ1) is 14.6. The van der Waals surface area contributed by atoms with Gasteiger partial charge in [0.25, 0.3) is 5.91 Å². The third-order valence-electron chi connectivity index (χ3n) is 5.28. The van der Waals surface area contributed by atoms with E-state index in [-0.39, 0.29) is 36.0 Å². The Kier molecular flexibility index (Phi) is 10.1. The Morgan fingerprint density at radius 2 is 1.84 bits per heavy atom. The third kappa shape index (κ3) is 7.41. The molecule has 7 heteroatoms. The third-order valence-corrected chi connectivity index (χ3v) is 5.28. The van der Waals surface area contributed by atoms with E-state index in [9.17, 15) is 4.79 Å². The molecular formula is C24H33IN4O2. The van der Waals surface area contributed by atoms with E-state index >= 15 is 0 Å². The van der Waals surface area contributed by atoms with Crippen molar-refractivity contribution in [2.75, 3.05) is 40.8 Å². The predicted molar refractivity (Wildman–Crippen MR) is 137 cm³/mol. The van der Waals surface area contributed by atoms with E-state index in [1.165, 1.54) is 0 Å². The number of ether oxygens (including phenoxy) is 1. The van der Waals surface area contributed by atoms with Gasteiger partial charge in [0, 0.05) is 59.2 Å². The molecular weight excluding hydrogens is 503 g/mol. The number of likely N-dealkylation sites (tertiary alicyclic amines) is 1. The highest BCUT2D eigenvalue weighted by Crippen LogP contribution is 2.18. The average molecular weight is 536 g/mol. The Morgan fingerprint density at radius 1 is 1.13 bits per heavy atom. The van der Waals surface area contributed by atoms with Crippen LogP contribution in [0.25, 0.3) is 0 Å². The molecule has 1 saturated heterocycles. The van der Waals surface area contributed by atoms with Gasteiger partial charge in [-0.1, -0.05) is 30.3 Å². The summed E-state index contributed by atoms with van der Waals surface area (Å²) in [5.41, 5.74) is 1.86. The van der Waals surface area contributed by atoms with Crippen molar-refractivity contribution in [3.63, 3.8) is 0 Å². The summed E-state index contributed by atoms with van der Waals surface area (Å²) in [5.74, 6) is 1.89. The van der Waals surface area contributed by atoms with E-state index in [0.29, 0.717) is 0 Å². The molecule has 0 atom stereocenters. The molecule has 1 amide bonds. The monoisotopic (exact) mass is 536 g/mol. The number of nitrogens with one attached hydrogen (secondary N) is 1. The van der Waals surface area contributed by atoms with Crippen LogP contribution in [0.3, 0.4) is 0 Å². The second-order valence-electron chi connectivity index (χ2n) is 7.74. The smallest absolute Gasteiger partial charge is 0.253 e. The highest BCUT2D eigenvalue weighted by Gasteiger charge is 2.22. The quantitative estimate of drug-likeness (QED) is 0.348. The minimum Gasteiger partial charge on any atom is -0.490 e. The first-order valence-electron chi connectivity index (χ1n) is 10.5. The summed E-state index contributed by atoms with van der Waals surface area (Å²) in [6.07, 6.45) is 3.04. The lowest BCUT2D eigenvalue weighted by Crippen LogP contribution is -2.47. The lowest BCUT2D eigenvalue weighted by atomic mass is 10.1. The molecule has 2 aromatic rings. The number of hydrogen-bond acceptors (Lipinski definition) is 3. The van der Waals surface area contributed by atoms with Crippen molar-refractivity contribution in [3.8, 4) is 5.75 Å². The van der Waals surface area contributed by atoms with Crippen LogP contribution in [-0.2, 0) is 6.42 Å². The van der Waals surface area contributed by atoms with Crippen LogP contribution < -0.4 is 10.1 Å². The van der Waals surface area contributed by atoms with E-state index in [0.717, 1.165) is 61.7 Å². The normalized spacial score (nSPS) is 14.5. The van der Waals surface area contributed by atoms with E-state index in [1.54, 1.807) is 19.0 Å². The Hall–Kier alpha value is -2.29. The van der Waals surface area contributed by atoms with E-state index < -0.39 is 0 Å². The molecule has 0 saturated carbocycles. The number of hydrogen-bond donors (Lipinski definition) is 1. The van der Waals surface area contributed by atoms with Crippen molar-refractivity contribution < 1.29 is 9.53 Å². The summed E-state index contributed by atoms with van der Waals surface area (Å²) in [4.78, 5) is 20.5. The van der Waals surface area contributed by atoms with Gasteiger partial charge < -0.3 is 19.9 Å². The molecule has 1 heterocycles. The zero-order chi connectivity index (χ0) is 21.3. The van der Waals surface area contributed by atoms with E-state index in [1.807, 2.05) is 55.6 Å². The Bertz CT molecular complexity index is 850. The van der Waals surface area contributed by atoms with Crippen molar-refractivity contribution in [3.05, 3.63) is 65.7 Å². The van der Waals surface area contributed by atoms with Gasteiger partial charge in [0.2, 0.25) is 0 Å². The fourth-order valence-corrected chi connectivity index (χ4v) is 3.65. The summed E-state index contributed by atoms with van der Waals surface area (Å²) < 4.78 is 6.09. The number of rotatable bonds is 6. The van der Waals surface area contributed by atoms with Gasteiger partial charge in [-0.15, -0.1) is 24.0 Å². The first-order valence-corrected chi connectivity index (χ1v) is 10.5. The highest BCUT2D eigenvalue weighted by molar-refractivity contribution is 14.0. The molecule has 0 aromatic heterocycles. The lowest BCUT2D eigenvalue weighted by Gasteiger charge is -2.34. The maximum Gasteiger partial charge on any atom is 0.253 e. The Labute approximate surface area is 202 Å². The number of halogens is 1. The highest BCUT2D eigenvalue weighted by atomic mass is 127. The minimum atomic E-state index is 0. The van der Waals surface area contributed by atoms with Crippen LogP contribution in [0.15, 0.2) is 59.6 Å². The molecule has 1 aliphatic heterocycles. The molecule has 6 nitrogen and oxygen atoms in total. The second-order valence-corrected chi connectivity index (χ2v) is 7.74. The lowest BCUT2D eigenvalue weighted by molar-refractivity contribution is 0.0827. The minimum absolute atomic E-state index is 0. The zero-order valence-corrected chi connectivity index (χ0v) is 20.9. The van der Waals surface area contributed by atoms with Crippen molar-refractivity contribution in [2.45, 2.75) is 25.4 Å². The molecule has 0 spiro atoms. The van der Waals surface area contributed by atoms with Gasteiger partial charge in [0.05, 0.1) is 0 Å². The number of carbonyl (C=O) groups is 1. The topological polar surface area (TPSA) is 57.2 Å². The van der Waals surface area contributed by atoms with Gasteiger partial charge in [0.1, 0.15) is 11.9 Å². The summed E-state index contributed by atoms with van der Waals surface area (Å²) in [6.45, 7) is 2.61. The molecule has 1 N–H and O–H groups in total. The number of benzene rings is 2. The number of para-hydroxylation sites is 1.